The van der Waals surface area contributed by atoms with E-state index in [-0.39, 0.29) is 11.9 Å². The van der Waals surface area contributed by atoms with E-state index >= 15 is 0 Å². The maximum absolute atomic E-state index is 12.0. The molecule has 0 aliphatic heterocycles. The molecule has 1 amide bonds. The van der Waals surface area contributed by atoms with E-state index in [2.05, 4.69) is 28.4 Å². The molecule has 0 bridgehead atoms. The van der Waals surface area contributed by atoms with Crippen LogP contribution in [-0.2, 0) is 11.3 Å². The molecule has 0 aliphatic carbocycles. The Morgan fingerprint density at radius 3 is 2.86 bits per heavy atom. The average molecular weight is 306 g/mol. The largest absolute Gasteiger partial charge is 0.347 e. The maximum Gasteiger partial charge on any atom is 0.220 e. The highest BCUT2D eigenvalue weighted by Crippen LogP contribution is 2.18. The van der Waals surface area contributed by atoms with Gasteiger partial charge in [0.2, 0.25) is 5.91 Å². The zero-order chi connectivity index (χ0) is 15.2. The smallest absolute Gasteiger partial charge is 0.220 e. The Labute approximate surface area is 129 Å². The van der Waals surface area contributed by atoms with Crippen molar-refractivity contribution in [3.63, 3.8) is 0 Å². The summed E-state index contributed by atoms with van der Waals surface area (Å²) < 4.78 is 1.96. The fourth-order valence-corrected chi connectivity index (χ4v) is 3.07. The van der Waals surface area contributed by atoms with Crippen LogP contribution in [0.25, 0.3) is 0 Å². The summed E-state index contributed by atoms with van der Waals surface area (Å²) in [5.74, 6) is 0.0820. The highest BCUT2D eigenvalue weighted by atomic mass is 32.1. The Balaban J connectivity index is 1.78. The molecule has 1 N–H and O–H groups in total. The van der Waals surface area contributed by atoms with Crippen molar-refractivity contribution >= 4 is 17.2 Å². The predicted molar refractivity (Wildman–Crippen MR) is 84.2 cm³/mol. The molecule has 0 saturated carbocycles. The standard InChI is InChI=1S/C15H22N4OS/c1-4-13(15-16-7-9-21-15)17-14(20)6-5-8-19-12(3)10-11(2)18-19/h7,9-10,13H,4-6,8H2,1-3H3,(H,17,20)/t13-/m1/s1. The number of nitrogens with zero attached hydrogens (tertiary/aromatic N) is 3. The van der Waals surface area contributed by atoms with Crippen LogP contribution in [0.4, 0.5) is 0 Å². The molecular formula is C15H22N4OS. The average Bonchev–Trinajstić information content (AvgIpc) is 3.06. The first-order valence-corrected chi connectivity index (χ1v) is 8.18. The molecule has 6 heteroatoms. The number of carbonyl (C=O) groups is 1. The molecule has 2 aromatic rings. The number of nitrogens with one attached hydrogen (secondary N) is 1. The van der Waals surface area contributed by atoms with Crippen LogP contribution in [0.5, 0.6) is 0 Å². The summed E-state index contributed by atoms with van der Waals surface area (Å²) in [5.41, 5.74) is 2.16. The van der Waals surface area contributed by atoms with E-state index in [9.17, 15) is 4.79 Å². The number of hydrogen-bond acceptors (Lipinski definition) is 4. The lowest BCUT2D eigenvalue weighted by Gasteiger charge is -2.14. The third-order valence-electron chi connectivity index (χ3n) is 3.37. The summed E-state index contributed by atoms with van der Waals surface area (Å²) in [6.07, 6.45) is 3.94. The van der Waals surface area contributed by atoms with Crippen molar-refractivity contribution in [3.8, 4) is 0 Å². The molecule has 0 unspecified atom stereocenters. The van der Waals surface area contributed by atoms with Crippen molar-refractivity contribution in [1.29, 1.82) is 0 Å². The summed E-state index contributed by atoms with van der Waals surface area (Å²) in [6.45, 7) is 6.86. The first-order chi connectivity index (χ1) is 10.1. The molecule has 0 fully saturated rings. The molecule has 2 heterocycles. The molecule has 0 aliphatic rings. The van der Waals surface area contributed by atoms with E-state index in [0.29, 0.717) is 6.42 Å². The first-order valence-electron chi connectivity index (χ1n) is 7.30. The second-order valence-corrected chi connectivity index (χ2v) is 6.08. The van der Waals surface area contributed by atoms with Crippen molar-refractivity contribution in [1.82, 2.24) is 20.1 Å². The zero-order valence-corrected chi connectivity index (χ0v) is 13.6. The molecule has 21 heavy (non-hydrogen) atoms. The van der Waals surface area contributed by atoms with Crippen molar-refractivity contribution in [2.75, 3.05) is 0 Å². The van der Waals surface area contributed by atoms with E-state index in [1.165, 1.54) is 0 Å². The van der Waals surface area contributed by atoms with Crippen LogP contribution < -0.4 is 5.32 Å². The quantitative estimate of drug-likeness (QED) is 0.855. The third kappa shape index (κ3) is 4.39. The third-order valence-corrected chi connectivity index (χ3v) is 4.26. The molecular weight excluding hydrogens is 284 g/mol. The van der Waals surface area contributed by atoms with E-state index < -0.39 is 0 Å². The minimum atomic E-state index is 0.0335. The summed E-state index contributed by atoms with van der Waals surface area (Å²) in [4.78, 5) is 16.3. The fraction of sp³-hybridized carbons (Fsp3) is 0.533. The van der Waals surface area contributed by atoms with Crippen LogP contribution in [0.2, 0.25) is 0 Å². The second kappa shape index (κ2) is 7.36. The predicted octanol–water partition coefficient (Wildman–Crippen LogP) is 3.00. The van der Waals surface area contributed by atoms with Gasteiger partial charge in [-0.2, -0.15) is 5.10 Å². The summed E-state index contributed by atoms with van der Waals surface area (Å²) >= 11 is 1.58. The van der Waals surface area contributed by atoms with E-state index in [1.807, 2.05) is 23.9 Å². The number of aryl methyl sites for hydroxylation is 3. The molecule has 0 aromatic carbocycles. The van der Waals surface area contributed by atoms with Gasteiger partial charge in [0.05, 0.1) is 11.7 Å². The van der Waals surface area contributed by atoms with Gasteiger partial charge < -0.3 is 5.32 Å². The topological polar surface area (TPSA) is 59.8 Å². The van der Waals surface area contributed by atoms with Gasteiger partial charge >= 0.3 is 0 Å². The van der Waals surface area contributed by atoms with E-state index in [4.69, 9.17) is 0 Å². The molecule has 0 radical (unpaired) electrons. The zero-order valence-electron chi connectivity index (χ0n) is 12.8. The number of aromatic nitrogens is 3. The van der Waals surface area contributed by atoms with Gasteiger partial charge in [-0.1, -0.05) is 6.92 Å². The van der Waals surface area contributed by atoms with Gasteiger partial charge in [0.15, 0.2) is 0 Å². The van der Waals surface area contributed by atoms with Gasteiger partial charge in [0, 0.05) is 30.2 Å². The van der Waals surface area contributed by atoms with Gasteiger partial charge in [-0.25, -0.2) is 4.98 Å². The van der Waals surface area contributed by atoms with Crippen molar-refractivity contribution in [2.24, 2.45) is 0 Å². The lowest BCUT2D eigenvalue weighted by Crippen LogP contribution is -2.28. The fourth-order valence-electron chi connectivity index (χ4n) is 2.30. The van der Waals surface area contributed by atoms with Crippen LogP contribution in [0.15, 0.2) is 17.6 Å². The minimum Gasteiger partial charge on any atom is -0.347 e. The molecule has 0 saturated heterocycles. The van der Waals surface area contributed by atoms with E-state index in [1.54, 1.807) is 17.5 Å². The van der Waals surface area contributed by atoms with Gasteiger partial charge in [-0.05, 0) is 32.8 Å². The van der Waals surface area contributed by atoms with Crippen molar-refractivity contribution < 1.29 is 4.79 Å². The van der Waals surface area contributed by atoms with Crippen LogP contribution in [0.1, 0.15) is 48.6 Å². The molecule has 5 nitrogen and oxygen atoms in total. The highest BCUT2D eigenvalue weighted by Gasteiger charge is 2.14. The molecule has 114 valence electrons. The minimum absolute atomic E-state index is 0.0335. The maximum atomic E-state index is 12.0. The lowest BCUT2D eigenvalue weighted by atomic mass is 10.2. The molecule has 2 rings (SSSR count). The van der Waals surface area contributed by atoms with Crippen LogP contribution >= 0.6 is 11.3 Å². The van der Waals surface area contributed by atoms with Gasteiger partial charge in [-0.3, -0.25) is 9.48 Å². The molecule has 0 spiro atoms. The van der Waals surface area contributed by atoms with Crippen LogP contribution in [-0.4, -0.2) is 20.7 Å². The van der Waals surface area contributed by atoms with Crippen molar-refractivity contribution in [2.45, 2.75) is 52.6 Å². The Hall–Kier alpha value is -1.69. The van der Waals surface area contributed by atoms with Crippen molar-refractivity contribution in [3.05, 3.63) is 34.0 Å². The highest BCUT2D eigenvalue weighted by molar-refractivity contribution is 7.09. The Bertz CT molecular complexity index is 577. The molecule has 1 atom stereocenters. The lowest BCUT2D eigenvalue weighted by molar-refractivity contribution is -0.122. The van der Waals surface area contributed by atoms with Gasteiger partial charge in [0.25, 0.3) is 0 Å². The Kier molecular flexibility index (Phi) is 5.50. The summed E-state index contributed by atoms with van der Waals surface area (Å²) in [7, 11) is 0. The van der Waals surface area contributed by atoms with E-state index in [0.717, 1.165) is 35.8 Å². The first kappa shape index (κ1) is 15.7. The second-order valence-electron chi connectivity index (χ2n) is 5.15. The van der Waals surface area contributed by atoms with Crippen LogP contribution in [0, 0.1) is 13.8 Å². The Morgan fingerprint density at radius 2 is 2.29 bits per heavy atom. The summed E-state index contributed by atoms with van der Waals surface area (Å²) in [6, 6.07) is 2.08. The number of rotatable bonds is 7. The van der Waals surface area contributed by atoms with Gasteiger partial charge in [-0.15, -0.1) is 11.3 Å². The van der Waals surface area contributed by atoms with Crippen LogP contribution in [0.3, 0.4) is 0 Å². The number of amides is 1. The number of carbonyl (C=O) groups excluding carboxylic acids is 1. The normalized spacial score (nSPS) is 12.3. The molecule has 2 aromatic heterocycles. The Morgan fingerprint density at radius 1 is 1.48 bits per heavy atom. The number of thiazole rings is 1. The monoisotopic (exact) mass is 306 g/mol. The van der Waals surface area contributed by atoms with Gasteiger partial charge in [0.1, 0.15) is 5.01 Å². The SMILES string of the molecule is CC[C@@H](NC(=O)CCCn1nc(C)cc1C)c1nccs1. The summed E-state index contributed by atoms with van der Waals surface area (Å²) in [5, 5.41) is 10.4. The number of hydrogen-bond donors (Lipinski definition) is 1.